The molecule has 9 heavy (non-hydrogen) atoms. The molecule has 0 heterocycles. The number of nitrogens with zero attached hydrogens (tertiary/aromatic N) is 1. The monoisotopic (exact) mass is 129 g/mol. The molecule has 0 aliphatic heterocycles. The van der Waals surface area contributed by atoms with E-state index in [-0.39, 0.29) is 0 Å². The van der Waals surface area contributed by atoms with Crippen molar-refractivity contribution in [2.24, 2.45) is 0 Å². The van der Waals surface area contributed by atoms with E-state index in [1.807, 2.05) is 20.8 Å². The molecule has 0 atom stereocenters. The molecule has 0 aliphatic rings. The maximum absolute atomic E-state index is 2.12. The molecule has 0 bridgehead atoms. The zero-order valence-electron chi connectivity index (χ0n) is 7.31. The topological polar surface area (TPSA) is 3.24 Å². The van der Waals surface area contributed by atoms with Crippen LogP contribution >= 0.6 is 0 Å². The normalized spacial score (nSPS) is 9.56. The summed E-state index contributed by atoms with van der Waals surface area (Å²) in [6.45, 7) is 7.08. The highest BCUT2D eigenvalue weighted by molar-refractivity contribution is 4.78. The molecule has 0 aromatic heterocycles. The molecule has 0 fully saturated rings. The smallest absolute Gasteiger partial charge is 0.0157 e. The predicted molar refractivity (Wildman–Crippen MR) is 44.7 cm³/mol. The Balaban J connectivity index is 0. The minimum Gasteiger partial charge on any atom is -0.306 e. The molecular weight excluding hydrogens is 110 g/mol. The van der Waals surface area contributed by atoms with Gasteiger partial charge in [0.2, 0.25) is 0 Å². The summed E-state index contributed by atoms with van der Waals surface area (Å²) in [5, 5.41) is 0. The van der Waals surface area contributed by atoms with Crippen molar-refractivity contribution in [1.82, 2.24) is 4.90 Å². The quantitative estimate of drug-likeness (QED) is 0.516. The van der Waals surface area contributed by atoms with E-state index >= 15 is 0 Å². The molecule has 0 rings (SSSR count). The zero-order chi connectivity index (χ0) is 7.70. The van der Waals surface area contributed by atoms with E-state index in [9.17, 15) is 0 Å². The van der Waals surface area contributed by atoms with Crippen LogP contribution in [0, 0.1) is 0 Å². The number of hydrogen-bond acceptors (Lipinski definition) is 1. The van der Waals surface area contributed by atoms with Crippen LogP contribution in [0.25, 0.3) is 0 Å². The Labute approximate surface area is 59.4 Å². The fraction of sp³-hybridized carbons (Fsp3) is 0.750. The SMILES string of the molecule is C/C=C\CN(C)C.CC. The molecule has 0 saturated carbocycles. The summed E-state index contributed by atoms with van der Waals surface area (Å²) in [4.78, 5) is 2.12. The lowest BCUT2D eigenvalue weighted by Crippen LogP contribution is -2.10. The summed E-state index contributed by atoms with van der Waals surface area (Å²) >= 11 is 0. The highest BCUT2D eigenvalue weighted by Gasteiger charge is 1.77. The van der Waals surface area contributed by atoms with Gasteiger partial charge in [-0.3, -0.25) is 0 Å². The van der Waals surface area contributed by atoms with Crippen molar-refractivity contribution in [2.45, 2.75) is 20.8 Å². The van der Waals surface area contributed by atoms with Gasteiger partial charge in [-0.1, -0.05) is 26.0 Å². The van der Waals surface area contributed by atoms with Gasteiger partial charge in [0, 0.05) is 6.54 Å². The molecule has 0 saturated heterocycles. The second kappa shape index (κ2) is 10.6. The van der Waals surface area contributed by atoms with Crippen LogP contribution in [0.4, 0.5) is 0 Å². The van der Waals surface area contributed by atoms with Crippen LogP contribution in [0.2, 0.25) is 0 Å². The molecule has 0 N–H and O–H groups in total. The Bertz CT molecular complexity index is 55.6. The van der Waals surface area contributed by atoms with Crippen molar-refractivity contribution < 1.29 is 0 Å². The molecule has 0 radical (unpaired) electrons. The Kier molecular flexibility index (Phi) is 13.6. The Morgan fingerprint density at radius 2 is 1.67 bits per heavy atom. The third-order valence-electron chi connectivity index (χ3n) is 0.706. The van der Waals surface area contributed by atoms with Crippen molar-refractivity contribution in [1.29, 1.82) is 0 Å². The standard InChI is InChI=1S/C6H13N.C2H6/c1-4-5-6-7(2)3;1-2/h4-5H,6H2,1-3H3;1-2H3/b5-4-;. The predicted octanol–water partition coefficient (Wildman–Crippen LogP) is 2.15. The fourth-order valence-electron chi connectivity index (χ4n) is 0.316. The van der Waals surface area contributed by atoms with E-state index in [0.29, 0.717) is 0 Å². The summed E-state index contributed by atoms with van der Waals surface area (Å²) < 4.78 is 0. The van der Waals surface area contributed by atoms with Gasteiger partial charge in [0.05, 0.1) is 0 Å². The van der Waals surface area contributed by atoms with Crippen molar-refractivity contribution in [3.63, 3.8) is 0 Å². The van der Waals surface area contributed by atoms with Crippen molar-refractivity contribution in [2.75, 3.05) is 20.6 Å². The van der Waals surface area contributed by atoms with Gasteiger partial charge in [-0.15, -0.1) is 0 Å². The summed E-state index contributed by atoms with van der Waals surface area (Å²) in [5.41, 5.74) is 0. The van der Waals surface area contributed by atoms with Gasteiger partial charge in [-0.05, 0) is 21.0 Å². The first-order valence-electron chi connectivity index (χ1n) is 3.53. The van der Waals surface area contributed by atoms with Gasteiger partial charge in [0.1, 0.15) is 0 Å². The average molecular weight is 129 g/mol. The Morgan fingerprint density at radius 1 is 1.22 bits per heavy atom. The molecule has 0 unspecified atom stereocenters. The molecule has 1 heteroatoms. The van der Waals surface area contributed by atoms with Crippen LogP contribution in [0.15, 0.2) is 12.2 Å². The number of hydrogen-bond donors (Lipinski definition) is 0. The van der Waals surface area contributed by atoms with E-state index in [1.165, 1.54) is 0 Å². The molecule has 1 nitrogen and oxygen atoms in total. The highest BCUT2D eigenvalue weighted by Crippen LogP contribution is 1.74. The first kappa shape index (κ1) is 11.5. The van der Waals surface area contributed by atoms with Crippen LogP contribution in [0.3, 0.4) is 0 Å². The molecule has 0 aromatic carbocycles. The van der Waals surface area contributed by atoms with Crippen molar-refractivity contribution in [3.05, 3.63) is 12.2 Å². The molecule has 56 valence electrons. The largest absolute Gasteiger partial charge is 0.306 e. The maximum atomic E-state index is 2.12. The van der Waals surface area contributed by atoms with E-state index in [0.717, 1.165) is 6.54 Å². The first-order chi connectivity index (χ1) is 4.27. The van der Waals surface area contributed by atoms with Gasteiger partial charge in [-0.2, -0.15) is 0 Å². The Hall–Kier alpha value is -0.300. The van der Waals surface area contributed by atoms with Crippen LogP contribution in [0.5, 0.6) is 0 Å². The molecule has 0 aromatic rings. The number of rotatable bonds is 2. The summed E-state index contributed by atoms with van der Waals surface area (Å²) in [6.07, 6.45) is 4.18. The van der Waals surface area contributed by atoms with Gasteiger partial charge >= 0.3 is 0 Å². The van der Waals surface area contributed by atoms with E-state index in [1.54, 1.807) is 0 Å². The second-order valence-electron chi connectivity index (χ2n) is 1.83. The maximum Gasteiger partial charge on any atom is 0.0157 e. The lowest BCUT2D eigenvalue weighted by atomic mass is 10.5. The van der Waals surface area contributed by atoms with E-state index in [4.69, 9.17) is 0 Å². The minimum absolute atomic E-state index is 1.05. The average Bonchev–Trinajstić information content (AvgIpc) is 1.88. The minimum atomic E-state index is 1.05. The van der Waals surface area contributed by atoms with Crippen molar-refractivity contribution in [3.8, 4) is 0 Å². The zero-order valence-corrected chi connectivity index (χ0v) is 7.31. The van der Waals surface area contributed by atoms with Crippen molar-refractivity contribution >= 4 is 0 Å². The van der Waals surface area contributed by atoms with Crippen LogP contribution < -0.4 is 0 Å². The number of likely N-dealkylation sites (N-methyl/N-ethyl adjacent to an activating group) is 1. The van der Waals surface area contributed by atoms with E-state index in [2.05, 4.69) is 31.1 Å². The third kappa shape index (κ3) is 18.3. The molecular formula is C8H19N. The van der Waals surface area contributed by atoms with Gasteiger partial charge in [0.25, 0.3) is 0 Å². The summed E-state index contributed by atoms with van der Waals surface area (Å²) in [6, 6.07) is 0. The van der Waals surface area contributed by atoms with Gasteiger partial charge in [0.15, 0.2) is 0 Å². The van der Waals surface area contributed by atoms with E-state index < -0.39 is 0 Å². The Morgan fingerprint density at radius 3 is 1.78 bits per heavy atom. The summed E-state index contributed by atoms with van der Waals surface area (Å²) in [7, 11) is 4.11. The summed E-state index contributed by atoms with van der Waals surface area (Å²) in [5.74, 6) is 0. The molecule has 0 aliphatic carbocycles. The third-order valence-corrected chi connectivity index (χ3v) is 0.706. The van der Waals surface area contributed by atoms with Crippen LogP contribution in [0.1, 0.15) is 20.8 Å². The van der Waals surface area contributed by atoms with Gasteiger partial charge < -0.3 is 4.90 Å². The van der Waals surface area contributed by atoms with Crippen LogP contribution in [-0.4, -0.2) is 25.5 Å². The highest BCUT2D eigenvalue weighted by atomic mass is 15.0. The molecule has 0 amide bonds. The van der Waals surface area contributed by atoms with Crippen LogP contribution in [-0.2, 0) is 0 Å². The molecule has 0 spiro atoms. The van der Waals surface area contributed by atoms with Gasteiger partial charge in [-0.25, -0.2) is 0 Å². The number of allylic oxidation sites excluding steroid dienone is 1. The fourth-order valence-corrected chi connectivity index (χ4v) is 0.316. The lowest BCUT2D eigenvalue weighted by molar-refractivity contribution is 0.456. The first-order valence-corrected chi connectivity index (χ1v) is 3.53. The second-order valence-corrected chi connectivity index (χ2v) is 1.83. The lowest BCUT2D eigenvalue weighted by Gasteiger charge is -2.02.